The van der Waals surface area contributed by atoms with E-state index in [2.05, 4.69) is 19.2 Å². The fourth-order valence-electron chi connectivity index (χ4n) is 12.6. The number of hydrogen-bond acceptors (Lipinski definition) is 5. The number of allylic oxidation sites excluding steroid dienone is 1. The summed E-state index contributed by atoms with van der Waals surface area (Å²) in [6.07, 6.45) is 93.2. The van der Waals surface area contributed by atoms with Crippen LogP contribution in [0.2, 0.25) is 0 Å². The molecule has 0 saturated carbocycles. The van der Waals surface area contributed by atoms with Gasteiger partial charge in [0.25, 0.3) is 0 Å². The van der Waals surface area contributed by atoms with Gasteiger partial charge in [0.1, 0.15) is 0 Å². The number of aliphatic hydroxyl groups is 2. The van der Waals surface area contributed by atoms with Crippen molar-refractivity contribution in [2.24, 2.45) is 0 Å². The van der Waals surface area contributed by atoms with Crippen LogP contribution in [-0.2, 0) is 14.3 Å². The highest BCUT2D eigenvalue weighted by molar-refractivity contribution is 5.76. The summed E-state index contributed by atoms with van der Waals surface area (Å²) in [5.41, 5.74) is 0. The summed E-state index contributed by atoms with van der Waals surface area (Å²) in [6.45, 7) is 4.97. The molecule has 2 atom stereocenters. The minimum Gasteiger partial charge on any atom is -0.466 e. The number of carbonyl (C=O) groups excluding carboxylic acids is 2. The van der Waals surface area contributed by atoms with Crippen LogP contribution in [0.4, 0.5) is 0 Å². The lowest BCUT2D eigenvalue weighted by Gasteiger charge is -2.20. The minimum absolute atomic E-state index is 0.0222. The lowest BCUT2D eigenvalue weighted by molar-refractivity contribution is -0.143. The predicted octanol–water partition coefficient (Wildman–Crippen LogP) is 25.5. The zero-order valence-corrected chi connectivity index (χ0v) is 57.4. The molecule has 3 N–H and O–H groups in total. The molecule has 0 aliphatic carbocycles. The van der Waals surface area contributed by atoms with Crippen LogP contribution in [0.5, 0.6) is 0 Å². The van der Waals surface area contributed by atoms with Gasteiger partial charge in [0.05, 0.1) is 25.4 Å². The summed E-state index contributed by atoms with van der Waals surface area (Å²) < 4.78 is 5.52. The Labute approximate surface area is 527 Å². The van der Waals surface area contributed by atoms with Gasteiger partial charge in [-0.05, 0) is 32.1 Å². The maximum Gasteiger partial charge on any atom is 0.305 e. The largest absolute Gasteiger partial charge is 0.466 e. The maximum atomic E-state index is 12.5. The van der Waals surface area contributed by atoms with Crippen LogP contribution in [-0.4, -0.2) is 47.4 Å². The number of rotatable bonds is 74. The standard InChI is InChI=1S/C78H153NO5/c1-3-5-7-9-11-13-15-17-19-21-23-24-28-31-35-38-42-46-50-54-58-62-66-70-76(81)75(74-80)79-77(82)71-67-63-59-55-51-47-43-39-36-32-29-26-25-27-30-33-37-41-45-49-53-57-61-65-69-73-84-78(83)72-68-64-60-56-52-48-44-40-34-22-20-18-16-14-12-10-8-6-4-2/h66,70,75-76,80-81H,3-65,67-69,71-74H2,1-2H3,(H,79,82)/b70-66+. The number of amides is 1. The van der Waals surface area contributed by atoms with Crippen molar-refractivity contribution in [3.05, 3.63) is 12.2 Å². The second kappa shape index (κ2) is 74.1. The van der Waals surface area contributed by atoms with Crippen LogP contribution >= 0.6 is 0 Å². The van der Waals surface area contributed by atoms with Gasteiger partial charge in [-0.3, -0.25) is 9.59 Å². The summed E-state index contributed by atoms with van der Waals surface area (Å²) in [5, 5.41) is 23.3. The van der Waals surface area contributed by atoms with Crippen molar-refractivity contribution in [3.63, 3.8) is 0 Å². The number of nitrogens with one attached hydrogen (secondary N) is 1. The molecule has 0 heterocycles. The molecule has 6 nitrogen and oxygen atoms in total. The van der Waals surface area contributed by atoms with Crippen molar-refractivity contribution < 1.29 is 24.5 Å². The molecule has 0 rings (SSSR count). The van der Waals surface area contributed by atoms with Crippen LogP contribution in [0.3, 0.4) is 0 Å². The first-order chi connectivity index (χ1) is 41.5. The van der Waals surface area contributed by atoms with Crippen molar-refractivity contribution in [1.82, 2.24) is 5.32 Å². The van der Waals surface area contributed by atoms with Gasteiger partial charge in [-0.1, -0.05) is 418 Å². The van der Waals surface area contributed by atoms with E-state index < -0.39 is 12.1 Å². The third-order valence-corrected chi connectivity index (χ3v) is 18.6. The maximum absolute atomic E-state index is 12.5. The van der Waals surface area contributed by atoms with Crippen molar-refractivity contribution in [1.29, 1.82) is 0 Å². The number of hydrogen-bond donors (Lipinski definition) is 3. The zero-order valence-electron chi connectivity index (χ0n) is 57.4. The van der Waals surface area contributed by atoms with Gasteiger partial charge in [0.15, 0.2) is 0 Å². The Kier molecular flexibility index (Phi) is 72.8. The molecule has 0 aliphatic heterocycles. The Hall–Kier alpha value is -1.40. The van der Waals surface area contributed by atoms with E-state index in [0.717, 1.165) is 38.5 Å². The molecule has 84 heavy (non-hydrogen) atoms. The minimum atomic E-state index is -0.844. The predicted molar refractivity (Wildman–Crippen MR) is 370 cm³/mol. The van der Waals surface area contributed by atoms with Crippen LogP contribution in [0, 0.1) is 0 Å². The summed E-state index contributed by atoms with van der Waals surface area (Å²) in [6, 6.07) is -0.627. The van der Waals surface area contributed by atoms with Gasteiger partial charge in [0, 0.05) is 12.8 Å². The average molecular weight is 1190 g/mol. The van der Waals surface area contributed by atoms with Crippen molar-refractivity contribution in [3.8, 4) is 0 Å². The second-order valence-electron chi connectivity index (χ2n) is 27.1. The average Bonchev–Trinajstić information content (AvgIpc) is 3.51. The summed E-state index contributed by atoms with van der Waals surface area (Å²) >= 11 is 0. The molecule has 0 aliphatic rings. The first-order valence-electron chi connectivity index (χ1n) is 39.0. The van der Waals surface area contributed by atoms with E-state index in [4.69, 9.17) is 4.74 Å². The molecule has 0 fully saturated rings. The Morgan fingerprint density at radius 2 is 0.548 bits per heavy atom. The normalized spacial score (nSPS) is 12.5. The number of esters is 1. The SMILES string of the molecule is CCCCCCCCCCCCCCCCCCCCCCC/C=C/C(O)C(CO)NC(=O)CCCCCCCCCCCCCCCCCCCCCCCCCCCOC(=O)CCCCCCCCCCCCCCCCCCCCC. The van der Waals surface area contributed by atoms with E-state index in [-0.39, 0.29) is 18.5 Å². The third kappa shape index (κ3) is 69.7. The van der Waals surface area contributed by atoms with Crippen molar-refractivity contribution >= 4 is 11.9 Å². The zero-order chi connectivity index (χ0) is 60.6. The third-order valence-electron chi connectivity index (χ3n) is 18.6. The molecule has 0 aromatic heterocycles. The van der Waals surface area contributed by atoms with Crippen LogP contribution in [0.25, 0.3) is 0 Å². The molecule has 6 heteroatoms. The topological polar surface area (TPSA) is 95.9 Å². The first kappa shape index (κ1) is 82.6. The van der Waals surface area contributed by atoms with Gasteiger partial charge < -0.3 is 20.3 Å². The van der Waals surface area contributed by atoms with E-state index in [0.29, 0.717) is 19.4 Å². The van der Waals surface area contributed by atoms with Gasteiger partial charge >= 0.3 is 5.97 Å². The molecule has 0 aromatic carbocycles. The number of ether oxygens (including phenoxy) is 1. The smallest absolute Gasteiger partial charge is 0.305 e. The summed E-state index contributed by atoms with van der Waals surface area (Å²) in [5.74, 6) is -0.0384. The highest BCUT2D eigenvalue weighted by Crippen LogP contribution is 2.20. The first-order valence-corrected chi connectivity index (χ1v) is 39.0. The van der Waals surface area contributed by atoms with Crippen molar-refractivity contribution in [2.75, 3.05) is 13.2 Å². The van der Waals surface area contributed by atoms with Gasteiger partial charge in [-0.2, -0.15) is 0 Å². The fraction of sp³-hybridized carbons (Fsp3) is 0.949. The lowest BCUT2D eigenvalue weighted by Crippen LogP contribution is -2.45. The van der Waals surface area contributed by atoms with Crippen LogP contribution < -0.4 is 5.32 Å². The molecule has 0 bridgehead atoms. The van der Waals surface area contributed by atoms with E-state index >= 15 is 0 Å². The molecule has 0 aromatic rings. The molecular formula is C78H153NO5. The van der Waals surface area contributed by atoms with Gasteiger partial charge in [-0.15, -0.1) is 0 Å². The van der Waals surface area contributed by atoms with E-state index in [1.165, 1.54) is 385 Å². The molecule has 500 valence electrons. The highest BCUT2D eigenvalue weighted by Gasteiger charge is 2.18. The van der Waals surface area contributed by atoms with E-state index in [1.54, 1.807) is 6.08 Å². The molecule has 0 radical (unpaired) electrons. The highest BCUT2D eigenvalue weighted by atomic mass is 16.5. The Morgan fingerprint density at radius 3 is 0.810 bits per heavy atom. The molecule has 0 saturated heterocycles. The Balaban J connectivity index is 3.36. The van der Waals surface area contributed by atoms with E-state index in [9.17, 15) is 19.8 Å². The summed E-state index contributed by atoms with van der Waals surface area (Å²) in [4.78, 5) is 24.7. The number of carbonyl (C=O) groups is 2. The second-order valence-corrected chi connectivity index (χ2v) is 27.1. The number of aliphatic hydroxyl groups excluding tert-OH is 2. The van der Waals surface area contributed by atoms with Crippen LogP contribution in [0.1, 0.15) is 450 Å². The van der Waals surface area contributed by atoms with Crippen molar-refractivity contribution in [2.45, 2.75) is 463 Å². The molecule has 2 unspecified atom stereocenters. The monoisotopic (exact) mass is 1180 g/mol. The molecule has 0 spiro atoms. The van der Waals surface area contributed by atoms with E-state index in [1.807, 2.05) is 6.08 Å². The Bertz CT molecular complexity index is 1270. The quantitative estimate of drug-likeness (QED) is 0.0320. The molecule has 1 amide bonds. The van der Waals surface area contributed by atoms with Gasteiger partial charge in [-0.25, -0.2) is 0 Å². The summed E-state index contributed by atoms with van der Waals surface area (Å²) in [7, 11) is 0. The Morgan fingerprint density at radius 1 is 0.321 bits per heavy atom. The molecular weight excluding hydrogens is 1030 g/mol. The van der Waals surface area contributed by atoms with Crippen LogP contribution in [0.15, 0.2) is 12.2 Å². The fourth-order valence-corrected chi connectivity index (χ4v) is 12.6. The number of unbranched alkanes of at least 4 members (excludes halogenated alkanes) is 63. The van der Waals surface area contributed by atoms with Gasteiger partial charge in [0.2, 0.25) is 5.91 Å². The lowest BCUT2D eigenvalue weighted by atomic mass is 10.0.